The Morgan fingerprint density at radius 1 is 1.42 bits per heavy atom. The van der Waals surface area contributed by atoms with Crippen molar-refractivity contribution in [3.05, 3.63) is 24.5 Å². The third kappa shape index (κ3) is 3.89. The van der Waals surface area contributed by atoms with E-state index in [9.17, 15) is 8.42 Å². The van der Waals surface area contributed by atoms with Crippen molar-refractivity contribution in [1.82, 2.24) is 14.6 Å². The van der Waals surface area contributed by atoms with Gasteiger partial charge in [0, 0.05) is 19.3 Å². The number of aromatic nitrogens is 1. The Hall–Kier alpha value is -1.18. The number of pyridine rings is 1. The van der Waals surface area contributed by atoms with E-state index in [-0.39, 0.29) is 0 Å². The maximum Gasteiger partial charge on any atom is 0.301 e. The minimum atomic E-state index is -3.45. The number of nitrogens with zero attached hydrogens (tertiary/aromatic N) is 2. The van der Waals surface area contributed by atoms with Crippen molar-refractivity contribution in [3.8, 4) is 0 Å². The summed E-state index contributed by atoms with van der Waals surface area (Å²) in [6, 6.07) is 3.40. The van der Waals surface area contributed by atoms with Crippen molar-refractivity contribution in [1.29, 1.82) is 0 Å². The van der Waals surface area contributed by atoms with Gasteiger partial charge in [0.15, 0.2) is 0 Å². The van der Waals surface area contributed by atoms with E-state index in [2.05, 4.69) is 15.0 Å². The normalized spacial score (nSPS) is 18.4. The molecule has 7 heteroatoms. The van der Waals surface area contributed by atoms with Crippen LogP contribution in [0.3, 0.4) is 0 Å². The van der Waals surface area contributed by atoms with E-state index in [1.165, 1.54) is 10.5 Å². The molecule has 106 valence electrons. The fourth-order valence-electron chi connectivity index (χ4n) is 2.28. The molecule has 2 N–H and O–H groups in total. The topological polar surface area (TPSA) is 74.3 Å². The average Bonchev–Trinajstić information content (AvgIpc) is 2.40. The van der Waals surface area contributed by atoms with Crippen LogP contribution in [0.5, 0.6) is 0 Å². The molecule has 0 spiro atoms. The Balaban J connectivity index is 1.94. The summed E-state index contributed by atoms with van der Waals surface area (Å²) in [5.74, 6) is 0.565. The molecule has 0 aromatic carbocycles. The van der Waals surface area contributed by atoms with E-state index in [4.69, 9.17) is 0 Å². The monoisotopic (exact) mass is 284 g/mol. The average molecular weight is 284 g/mol. The fraction of sp³-hybridized carbons (Fsp3) is 0.583. The zero-order valence-electron chi connectivity index (χ0n) is 11.0. The van der Waals surface area contributed by atoms with Gasteiger partial charge in [-0.05, 0) is 44.5 Å². The Kier molecular flexibility index (Phi) is 4.73. The Morgan fingerprint density at radius 3 is 2.74 bits per heavy atom. The lowest BCUT2D eigenvalue weighted by Crippen LogP contribution is -2.43. The molecule has 0 aliphatic carbocycles. The second-order valence-electron chi connectivity index (χ2n) is 4.75. The lowest BCUT2D eigenvalue weighted by Gasteiger charge is -2.31. The molecule has 0 saturated carbocycles. The van der Waals surface area contributed by atoms with Crippen molar-refractivity contribution in [2.45, 2.75) is 12.8 Å². The number of hydrogen-bond donors (Lipinski definition) is 2. The zero-order chi connectivity index (χ0) is 13.7. The smallest absolute Gasteiger partial charge is 0.301 e. The van der Waals surface area contributed by atoms with Crippen LogP contribution in [-0.4, -0.2) is 44.4 Å². The van der Waals surface area contributed by atoms with Crippen LogP contribution in [0.1, 0.15) is 12.8 Å². The number of hydrogen-bond acceptors (Lipinski definition) is 4. The first-order chi connectivity index (χ1) is 9.12. The van der Waals surface area contributed by atoms with Crippen LogP contribution in [0.2, 0.25) is 0 Å². The summed E-state index contributed by atoms with van der Waals surface area (Å²) >= 11 is 0. The van der Waals surface area contributed by atoms with E-state index in [1.54, 1.807) is 18.3 Å². The summed E-state index contributed by atoms with van der Waals surface area (Å²) in [6.07, 6.45) is 4.91. The Bertz CT molecular complexity index is 484. The van der Waals surface area contributed by atoms with Gasteiger partial charge in [0.2, 0.25) is 0 Å². The van der Waals surface area contributed by atoms with Gasteiger partial charge in [0.1, 0.15) is 0 Å². The number of nitrogens with one attached hydrogen (secondary N) is 2. The minimum Gasteiger partial charge on any atom is -0.319 e. The molecule has 1 aliphatic rings. The molecule has 1 aromatic rings. The van der Waals surface area contributed by atoms with E-state index in [0.717, 1.165) is 19.4 Å². The minimum absolute atomic E-state index is 0.500. The number of anilines is 1. The predicted molar refractivity (Wildman–Crippen MR) is 75.0 cm³/mol. The van der Waals surface area contributed by atoms with Crippen LogP contribution in [0.4, 0.5) is 5.69 Å². The summed E-state index contributed by atoms with van der Waals surface area (Å²) in [7, 11) is -1.53. The highest BCUT2D eigenvalue weighted by Crippen LogP contribution is 2.20. The summed E-state index contributed by atoms with van der Waals surface area (Å²) in [5.41, 5.74) is 0.500. The van der Waals surface area contributed by atoms with Crippen LogP contribution >= 0.6 is 0 Å². The number of piperidine rings is 1. The molecule has 19 heavy (non-hydrogen) atoms. The fourth-order valence-corrected chi connectivity index (χ4v) is 3.52. The van der Waals surface area contributed by atoms with Crippen molar-refractivity contribution >= 4 is 15.9 Å². The van der Waals surface area contributed by atoms with Crippen LogP contribution in [0.15, 0.2) is 24.5 Å². The molecule has 1 aromatic heterocycles. The molecule has 2 rings (SSSR count). The molecule has 0 atom stereocenters. The SMILES string of the molecule is CNCC1CCN(S(=O)(=O)Nc2cccnc2)CC1. The van der Waals surface area contributed by atoms with E-state index in [0.29, 0.717) is 24.7 Å². The van der Waals surface area contributed by atoms with Gasteiger partial charge < -0.3 is 5.32 Å². The first-order valence-corrected chi connectivity index (χ1v) is 7.88. The highest BCUT2D eigenvalue weighted by Gasteiger charge is 2.27. The summed E-state index contributed by atoms with van der Waals surface area (Å²) in [4.78, 5) is 3.90. The van der Waals surface area contributed by atoms with Gasteiger partial charge in [-0.15, -0.1) is 0 Å². The molecular formula is C12H20N4O2S. The molecule has 2 heterocycles. The standard InChI is InChI=1S/C12H20N4O2S/c1-13-9-11-4-7-16(8-5-11)19(17,18)15-12-3-2-6-14-10-12/h2-3,6,10-11,13,15H,4-5,7-9H2,1H3. The summed E-state index contributed by atoms with van der Waals surface area (Å²) in [5, 5.41) is 3.14. The lowest BCUT2D eigenvalue weighted by molar-refractivity contribution is 0.272. The highest BCUT2D eigenvalue weighted by molar-refractivity contribution is 7.90. The summed E-state index contributed by atoms with van der Waals surface area (Å²) < 4.78 is 28.4. The Morgan fingerprint density at radius 2 is 2.16 bits per heavy atom. The van der Waals surface area contributed by atoms with Crippen molar-refractivity contribution < 1.29 is 8.42 Å². The Labute approximate surface area is 114 Å². The van der Waals surface area contributed by atoms with Gasteiger partial charge in [-0.25, -0.2) is 0 Å². The van der Waals surface area contributed by atoms with E-state index in [1.807, 2.05) is 7.05 Å². The van der Waals surface area contributed by atoms with Gasteiger partial charge >= 0.3 is 10.2 Å². The van der Waals surface area contributed by atoms with Crippen molar-refractivity contribution in [2.75, 3.05) is 31.4 Å². The molecule has 1 saturated heterocycles. The molecule has 0 unspecified atom stereocenters. The van der Waals surface area contributed by atoms with Gasteiger partial charge in [0.25, 0.3) is 0 Å². The second-order valence-corrected chi connectivity index (χ2v) is 6.42. The van der Waals surface area contributed by atoms with Crippen molar-refractivity contribution in [3.63, 3.8) is 0 Å². The van der Waals surface area contributed by atoms with Gasteiger partial charge in [-0.3, -0.25) is 9.71 Å². The molecule has 1 fully saturated rings. The molecule has 1 aliphatic heterocycles. The second kappa shape index (κ2) is 6.31. The first-order valence-electron chi connectivity index (χ1n) is 6.44. The third-order valence-electron chi connectivity index (χ3n) is 3.31. The zero-order valence-corrected chi connectivity index (χ0v) is 11.9. The lowest BCUT2D eigenvalue weighted by atomic mass is 9.98. The van der Waals surface area contributed by atoms with Crippen molar-refractivity contribution in [2.24, 2.45) is 5.92 Å². The molecule has 6 nitrogen and oxygen atoms in total. The third-order valence-corrected chi connectivity index (χ3v) is 4.85. The largest absolute Gasteiger partial charge is 0.319 e. The van der Waals surface area contributed by atoms with Gasteiger partial charge in [-0.1, -0.05) is 0 Å². The molecule has 0 radical (unpaired) electrons. The molecular weight excluding hydrogens is 264 g/mol. The van der Waals surface area contributed by atoms with Crippen LogP contribution in [0.25, 0.3) is 0 Å². The quantitative estimate of drug-likeness (QED) is 0.833. The van der Waals surface area contributed by atoms with E-state index < -0.39 is 10.2 Å². The molecule has 0 bridgehead atoms. The van der Waals surface area contributed by atoms with Crippen LogP contribution in [-0.2, 0) is 10.2 Å². The van der Waals surface area contributed by atoms with Gasteiger partial charge in [-0.2, -0.15) is 12.7 Å². The highest BCUT2D eigenvalue weighted by atomic mass is 32.2. The maximum absolute atomic E-state index is 12.2. The van der Waals surface area contributed by atoms with Gasteiger partial charge in [0.05, 0.1) is 11.9 Å². The maximum atomic E-state index is 12.2. The number of rotatable bonds is 5. The van der Waals surface area contributed by atoms with E-state index >= 15 is 0 Å². The first kappa shape index (κ1) is 14.2. The predicted octanol–water partition coefficient (Wildman–Crippen LogP) is 0.670. The summed E-state index contributed by atoms with van der Waals surface area (Å²) in [6.45, 7) is 2.09. The van der Waals surface area contributed by atoms with Crippen LogP contribution in [0, 0.1) is 5.92 Å². The molecule has 0 amide bonds. The van der Waals surface area contributed by atoms with Crippen LogP contribution < -0.4 is 10.0 Å².